The minimum atomic E-state index is -0.298. The first-order valence-electron chi connectivity index (χ1n) is 29.0. The van der Waals surface area contributed by atoms with Gasteiger partial charge in [0.1, 0.15) is 11.6 Å². The molecule has 21 heteroatoms. The third kappa shape index (κ3) is 17.0. The average Bonchev–Trinajstić information content (AvgIpc) is 3.27. The Hall–Kier alpha value is -9.95. The van der Waals surface area contributed by atoms with E-state index < -0.39 is 0 Å². The number of hydrogen-bond donors (Lipinski definition) is 6. The van der Waals surface area contributed by atoms with Gasteiger partial charge in [-0.15, -0.1) is 0 Å². The lowest BCUT2D eigenvalue weighted by molar-refractivity contribution is 0.101. The second kappa shape index (κ2) is 30.3. The second-order valence-electron chi connectivity index (χ2n) is 21.3. The van der Waals surface area contributed by atoms with Gasteiger partial charge in [0.25, 0.3) is 23.6 Å². The number of anilines is 6. The zero-order valence-corrected chi connectivity index (χ0v) is 51.6. The van der Waals surface area contributed by atoms with Crippen LogP contribution in [0.25, 0.3) is 33.8 Å². The molecule has 8 heterocycles. The van der Waals surface area contributed by atoms with Crippen molar-refractivity contribution in [2.24, 2.45) is 0 Å². The molecule has 18 nitrogen and oxygen atoms in total. The zero-order chi connectivity index (χ0) is 62.9. The number of carbonyl (C=O) groups is 4. The third-order valence-corrected chi connectivity index (χ3v) is 15.4. The van der Waals surface area contributed by atoms with Crippen molar-refractivity contribution < 1.29 is 19.2 Å². The Balaban J connectivity index is 0.000000149. The molecule has 90 heavy (non-hydrogen) atoms. The van der Waals surface area contributed by atoms with Gasteiger partial charge in [0, 0.05) is 133 Å². The summed E-state index contributed by atoms with van der Waals surface area (Å²) in [6.45, 7) is 11.0. The Morgan fingerprint density at radius 2 is 0.811 bits per heavy atom. The summed E-state index contributed by atoms with van der Waals surface area (Å²) in [7, 11) is 0. The molecular weight excluding hydrogens is 1200 g/mol. The summed E-state index contributed by atoms with van der Waals surface area (Å²) in [6, 6.07) is 51.3. The molecule has 2 saturated heterocycles. The van der Waals surface area contributed by atoms with Gasteiger partial charge in [-0.05, 0) is 172 Å². The van der Waals surface area contributed by atoms with Crippen LogP contribution in [0.2, 0.25) is 15.1 Å². The summed E-state index contributed by atoms with van der Waals surface area (Å²) in [5, 5.41) is 20.1. The number of rotatable bonds is 13. The van der Waals surface area contributed by atoms with E-state index >= 15 is 0 Å². The van der Waals surface area contributed by atoms with Crippen molar-refractivity contribution in [2.75, 3.05) is 63.8 Å². The van der Waals surface area contributed by atoms with E-state index in [9.17, 15) is 19.2 Å². The molecule has 0 bridgehead atoms. The molecule has 2 aliphatic rings. The third-order valence-electron chi connectivity index (χ3n) is 14.4. The average molecular weight is 1260 g/mol. The van der Waals surface area contributed by atoms with E-state index in [1.807, 2.05) is 84.9 Å². The quantitative estimate of drug-likeness (QED) is 0.0632. The molecule has 6 N–H and O–H groups in total. The molecule has 4 aromatic carbocycles. The van der Waals surface area contributed by atoms with Gasteiger partial charge in [-0.1, -0.05) is 53.0 Å². The van der Waals surface area contributed by atoms with Crippen molar-refractivity contribution in [3.05, 3.63) is 251 Å². The highest BCUT2D eigenvalue weighted by molar-refractivity contribution is 6.34. The van der Waals surface area contributed by atoms with Crippen LogP contribution in [0.1, 0.15) is 62.2 Å². The molecule has 3 atom stereocenters. The fraction of sp³-hybridized carbons (Fsp3) is 0.159. The lowest BCUT2D eigenvalue weighted by atomic mass is 10.1. The highest BCUT2D eigenvalue weighted by Crippen LogP contribution is 2.32. The molecule has 0 unspecified atom stereocenters. The normalized spacial score (nSPS) is 15.2. The number of benzene rings is 4. The minimum absolute atomic E-state index is 0.216. The van der Waals surface area contributed by atoms with Crippen molar-refractivity contribution >= 4 is 92.8 Å². The molecule has 10 aromatic rings. The molecule has 454 valence electrons. The van der Waals surface area contributed by atoms with E-state index in [0.29, 0.717) is 83.9 Å². The van der Waals surface area contributed by atoms with Crippen LogP contribution >= 0.6 is 34.8 Å². The number of nitrogens with zero attached hydrogens (tertiary/aromatic N) is 8. The van der Waals surface area contributed by atoms with Crippen LogP contribution in [0.4, 0.5) is 34.4 Å². The highest BCUT2D eigenvalue weighted by atomic mass is 35.5. The smallest absolute Gasteiger partial charge is 0.257 e. The maximum absolute atomic E-state index is 12.7. The van der Waals surface area contributed by atoms with Crippen molar-refractivity contribution in [1.29, 1.82) is 0 Å². The topological polar surface area (TPSA) is 224 Å². The van der Waals surface area contributed by atoms with Gasteiger partial charge in [0.15, 0.2) is 0 Å². The molecule has 0 saturated carbocycles. The van der Waals surface area contributed by atoms with Gasteiger partial charge in [0.2, 0.25) is 0 Å². The maximum Gasteiger partial charge on any atom is 0.257 e. The Morgan fingerprint density at radius 1 is 0.411 bits per heavy atom. The van der Waals surface area contributed by atoms with E-state index in [4.69, 9.17) is 34.8 Å². The summed E-state index contributed by atoms with van der Waals surface area (Å²) in [6.07, 6.45) is 11.5. The lowest BCUT2D eigenvalue weighted by Crippen LogP contribution is -2.54. The van der Waals surface area contributed by atoms with Crippen LogP contribution in [-0.4, -0.2) is 104 Å². The molecule has 6 aromatic heterocycles. The Kier molecular flexibility index (Phi) is 21.2. The number of nitrogens with one attached hydrogen (secondary N) is 6. The van der Waals surface area contributed by atoms with Crippen LogP contribution in [0.5, 0.6) is 0 Å². The van der Waals surface area contributed by atoms with Crippen molar-refractivity contribution in [1.82, 2.24) is 40.5 Å². The monoisotopic (exact) mass is 1260 g/mol. The van der Waals surface area contributed by atoms with E-state index in [0.717, 1.165) is 72.4 Å². The number of pyridine rings is 6. The Labute approximate surface area is 536 Å². The number of carbonyl (C=O) groups excluding carboxylic acids is 4. The SMILES string of the molecule is C[C@@H]1CN(c2ccc(C(=O)Nc3ccc(Cl)c(-c4ccccn4)c3)cn2)CCN1.C[C@@H]1CN(c2ccc(C(=O)Nc3ccc(Cl)c(-c4ccccn4)c3)cn2)C[C@H](C)N1.O=C(Nc1cccnc1)c1ccc(C(=O)Nc2ccc(Cl)c(-c3ccccn3)c2)cc1. The van der Waals surface area contributed by atoms with Gasteiger partial charge >= 0.3 is 0 Å². The van der Waals surface area contributed by atoms with Crippen LogP contribution in [0.15, 0.2) is 213 Å². The standard InChI is InChI=1S/C24H17ClN4O2.C23H24ClN5O.C22H22ClN5O/c25-21-11-10-18(14-20(21)22-5-1-2-13-27-22)28-23(30)16-6-8-17(9-7-16)24(31)29-19-4-3-12-26-15-19;1-15-13-29(14-16(2)27-15)22-9-6-17(12-26-22)23(30)28-18-7-8-20(24)19(11-18)21-5-3-4-10-25-21;1-15-14-28(11-10-24-15)21-8-5-16(13-26-21)22(29)27-17-6-7-19(23)18(12-17)20-4-2-3-9-25-20/h1-15H,(H,28,30)(H,29,31);3-12,15-16,27H,13-14H2,1-2H3,(H,28,30);2-9,12-13,15,24H,10-11,14H2,1H3,(H,27,29)/t;15-,16+;15-/m..1/s1. The number of amides is 4. The molecule has 0 radical (unpaired) electrons. The molecule has 4 amide bonds. The molecular formula is C69H63Cl3N14O4. The summed E-state index contributed by atoms with van der Waals surface area (Å²) >= 11 is 18.9. The summed E-state index contributed by atoms with van der Waals surface area (Å²) < 4.78 is 0. The van der Waals surface area contributed by atoms with Crippen molar-refractivity contribution in [3.8, 4) is 33.8 Å². The lowest BCUT2D eigenvalue weighted by Gasteiger charge is -2.36. The van der Waals surface area contributed by atoms with Crippen LogP contribution in [-0.2, 0) is 0 Å². The summed E-state index contributed by atoms with van der Waals surface area (Å²) in [5.74, 6) is 0.762. The minimum Gasteiger partial charge on any atom is -0.354 e. The van der Waals surface area contributed by atoms with Gasteiger partial charge in [-0.25, -0.2) is 9.97 Å². The second-order valence-corrected chi connectivity index (χ2v) is 22.6. The van der Waals surface area contributed by atoms with E-state index in [2.05, 4.69) is 92.4 Å². The molecule has 0 spiro atoms. The first-order valence-corrected chi connectivity index (χ1v) is 30.1. The number of hydrogen-bond acceptors (Lipinski definition) is 14. The van der Waals surface area contributed by atoms with Gasteiger partial charge in [-0.2, -0.15) is 0 Å². The van der Waals surface area contributed by atoms with Crippen LogP contribution in [0, 0.1) is 0 Å². The van der Waals surface area contributed by atoms with Gasteiger partial charge < -0.3 is 41.7 Å². The zero-order valence-electron chi connectivity index (χ0n) is 49.3. The van der Waals surface area contributed by atoms with Crippen molar-refractivity contribution in [3.63, 3.8) is 0 Å². The number of halogens is 3. The Bertz CT molecular complexity index is 4060. The largest absolute Gasteiger partial charge is 0.354 e. The predicted octanol–water partition coefficient (Wildman–Crippen LogP) is 13.4. The fourth-order valence-corrected chi connectivity index (χ4v) is 10.7. The number of aromatic nitrogens is 6. The fourth-order valence-electron chi connectivity index (χ4n) is 10.1. The van der Waals surface area contributed by atoms with E-state index in [1.165, 1.54) is 0 Å². The summed E-state index contributed by atoms with van der Waals surface area (Å²) in [5.41, 5.74) is 8.85. The van der Waals surface area contributed by atoms with Gasteiger partial charge in [-0.3, -0.25) is 39.1 Å². The van der Waals surface area contributed by atoms with Crippen LogP contribution < -0.4 is 41.7 Å². The van der Waals surface area contributed by atoms with Gasteiger partial charge in [0.05, 0.1) is 55.2 Å². The molecule has 0 aliphatic carbocycles. The van der Waals surface area contributed by atoms with E-state index in [1.54, 1.807) is 128 Å². The first kappa shape index (κ1) is 63.1. The van der Waals surface area contributed by atoms with E-state index in [-0.39, 0.29) is 23.6 Å². The molecule has 2 aliphatic heterocycles. The van der Waals surface area contributed by atoms with Crippen molar-refractivity contribution in [2.45, 2.75) is 38.9 Å². The summed E-state index contributed by atoms with van der Waals surface area (Å²) in [4.78, 5) is 80.8. The first-order chi connectivity index (χ1) is 43.7. The Morgan fingerprint density at radius 3 is 1.19 bits per heavy atom. The number of piperazine rings is 2. The molecule has 12 rings (SSSR count). The van der Waals surface area contributed by atoms with Crippen LogP contribution in [0.3, 0.4) is 0 Å². The predicted molar refractivity (Wildman–Crippen MR) is 359 cm³/mol. The molecule has 2 fully saturated rings. The maximum atomic E-state index is 12.7. The highest BCUT2D eigenvalue weighted by Gasteiger charge is 2.23.